The van der Waals surface area contributed by atoms with Gasteiger partial charge < -0.3 is 19.5 Å². The third kappa shape index (κ3) is 4.80. The molecule has 0 bridgehead atoms. The van der Waals surface area contributed by atoms with E-state index in [0.717, 1.165) is 0 Å². The van der Waals surface area contributed by atoms with Gasteiger partial charge in [-0.3, -0.25) is 9.59 Å². The Balaban J connectivity index is 2.82. The Kier molecular flexibility index (Phi) is 5.60. The maximum absolute atomic E-state index is 12.0. The number of hydrogen-bond acceptors (Lipinski definition) is 5. The molecule has 1 aliphatic rings. The smallest absolute Gasteiger partial charge is 0.411 e. The highest BCUT2D eigenvalue weighted by Crippen LogP contribution is 2.26. The van der Waals surface area contributed by atoms with Crippen molar-refractivity contribution in [3.63, 3.8) is 0 Å². The number of carbonyl (C=O) groups is 3. The number of piperidine rings is 1. The molecule has 0 spiro atoms. The molecule has 0 radical (unpaired) electrons. The van der Waals surface area contributed by atoms with Crippen molar-refractivity contribution in [3.8, 4) is 0 Å². The predicted molar refractivity (Wildman–Crippen MR) is 77.4 cm³/mol. The molecular formula is C12H18INO6. The van der Waals surface area contributed by atoms with E-state index in [1.807, 2.05) is 22.6 Å². The van der Waals surface area contributed by atoms with Crippen LogP contribution >= 0.6 is 22.6 Å². The van der Waals surface area contributed by atoms with Crippen LogP contribution in [0.2, 0.25) is 0 Å². The van der Waals surface area contributed by atoms with Gasteiger partial charge in [0.05, 0.1) is 18.9 Å². The number of amides is 1. The van der Waals surface area contributed by atoms with E-state index in [0.29, 0.717) is 0 Å². The lowest BCUT2D eigenvalue weighted by Crippen LogP contribution is -2.49. The predicted octanol–water partition coefficient (Wildman–Crippen LogP) is 1.49. The Morgan fingerprint density at radius 3 is 2.25 bits per heavy atom. The second-order valence-corrected chi connectivity index (χ2v) is 7.73. The van der Waals surface area contributed by atoms with Gasteiger partial charge in [-0.2, -0.15) is 0 Å². The number of likely N-dealkylation sites (tertiary alicyclic amines) is 1. The fraction of sp³-hybridized carbons (Fsp3) is 0.750. The molecule has 1 amide bonds. The van der Waals surface area contributed by atoms with Gasteiger partial charge in [0.15, 0.2) is 3.61 Å². The summed E-state index contributed by atoms with van der Waals surface area (Å²) in [4.78, 5) is 36.0. The molecule has 1 heterocycles. The van der Waals surface area contributed by atoms with Crippen molar-refractivity contribution >= 4 is 40.6 Å². The monoisotopic (exact) mass is 399 g/mol. The normalized spacial score (nSPS) is 23.1. The quantitative estimate of drug-likeness (QED) is 0.439. The van der Waals surface area contributed by atoms with E-state index in [1.54, 1.807) is 13.8 Å². The maximum Gasteiger partial charge on any atom is 0.411 e. The Labute approximate surface area is 130 Å². The summed E-state index contributed by atoms with van der Waals surface area (Å²) in [7, 11) is 1.24. The minimum atomic E-state index is -1.04. The Bertz CT molecular complexity index is 405. The first-order valence-corrected chi connectivity index (χ1v) is 7.19. The molecule has 1 N–H and O–H groups in total. The zero-order valence-electron chi connectivity index (χ0n) is 11.6. The summed E-state index contributed by atoms with van der Waals surface area (Å²) in [5, 5.41) is 9.11. The summed E-state index contributed by atoms with van der Waals surface area (Å²) in [5.74, 6) is -2.98. The van der Waals surface area contributed by atoms with Gasteiger partial charge in [-0.1, -0.05) is 0 Å². The van der Waals surface area contributed by atoms with Crippen molar-refractivity contribution in [1.29, 1.82) is 0 Å². The SMILES string of the molecule is COC(=O)[C@@H]1C[C@@H](C(=O)O)CN(C(=O)OC(C)(C)I)C1. The summed E-state index contributed by atoms with van der Waals surface area (Å²) < 4.78 is 9.13. The first-order chi connectivity index (χ1) is 9.14. The number of halogens is 1. The lowest BCUT2D eigenvalue weighted by atomic mass is 9.89. The van der Waals surface area contributed by atoms with Crippen molar-refractivity contribution in [3.05, 3.63) is 0 Å². The number of carboxylic acids is 1. The third-order valence-corrected chi connectivity index (χ3v) is 3.14. The maximum atomic E-state index is 12.0. The molecule has 0 saturated carbocycles. The average Bonchev–Trinajstić information content (AvgIpc) is 2.35. The molecule has 2 atom stereocenters. The van der Waals surface area contributed by atoms with Gasteiger partial charge in [-0.25, -0.2) is 4.79 Å². The zero-order chi connectivity index (χ0) is 15.5. The molecule has 8 heteroatoms. The van der Waals surface area contributed by atoms with Gasteiger partial charge >= 0.3 is 18.0 Å². The van der Waals surface area contributed by atoms with E-state index < -0.39 is 33.5 Å². The third-order valence-electron chi connectivity index (χ3n) is 2.92. The summed E-state index contributed by atoms with van der Waals surface area (Å²) in [6.45, 7) is 3.57. The van der Waals surface area contributed by atoms with Crippen LogP contribution in [0, 0.1) is 11.8 Å². The molecular weight excluding hydrogens is 381 g/mol. The average molecular weight is 399 g/mol. The highest BCUT2D eigenvalue weighted by atomic mass is 127. The topological polar surface area (TPSA) is 93.1 Å². The lowest BCUT2D eigenvalue weighted by molar-refractivity contribution is -0.151. The van der Waals surface area contributed by atoms with Crippen LogP contribution in [-0.2, 0) is 19.1 Å². The molecule has 1 fully saturated rings. The number of ether oxygens (including phenoxy) is 2. The Morgan fingerprint density at radius 1 is 1.25 bits per heavy atom. The molecule has 114 valence electrons. The van der Waals surface area contributed by atoms with E-state index in [4.69, 9.17) is 9.84 Å². The van der Waals surface area contributed by atoms with Crippen LogP contribution in [0.5, 0.6) is 0 Å². The van der Waals surface area contributed by atoms with Crippen LogP contribution in [0.25, 0.3) is 0 Å². The van der Waals surface area contributed by atoms with Gasteiger partial charge in [-0.15, -0.1) is 0 Å². The van der Waals surface area contributed by atoms with Gasteiger partial charge in [0, 0.05) is 13.1 Å². The zero-order valence-corrected chi connectivity index (χ0v) is 13.7. The van der Waals surface area contributed by atoms with E-state index in [-0.39, 0.29) is 19.5 Å². The number of rotatable bonds is 3. The largest absolute Gasteiger partial charge is 0.481 e. The minimum absolute atomic E-state index is 0.0361. The standard InChI is InChI=1S/C12H18INO6/c1-12(2,13)20-11(18)14-5-7(9(15)16)4-8(6-14)10(17)19-3/h7-8H,4-6H2,1-3H3,(H,15,16)/t7-,8-/m1/s1. The van der Waals surface area contributed by atoms with Crippen LogP contribution in [0.1, 0.15) is 20.3 Å². The molecule has 0 aromatic carbocycles. The second kappa shape index (κ2) is 6.59. The second-order valence-electron chi connectivity index (χ2n) is 5.13. The molecule has 7 nitrogen and oxygen atoms in total. The van der Waals surface area contributed by atoms with Crippen LogP contribution in [-0.4, -0.2) is 51.8 Å². The van der Waals surface area contributed by atoms with Gasteiger partial charge in [-0.05, 0) is 42.9 Å². The van der Waals surface area contributed by atoms with Crippen LogP contribution in [0.15, 0.2) is 0 Å². The van der Waals surface area contributed by atoms with Gasteiger partial charge in [0.2, 0.25) is 0 Å². The first kappa shape index (κ1) is 17.0. The number of carboxylic acid groups (broad SMARTS) is 1. The number of nitrogens with zero attached hydrogens (tertiary/aromatic N) is 1. The number of aliphatic carboxylic acids is 1. The van der Waals surface area contributed by atoms with Crippen molar-refractivity contribution in [1.82, 2.24) is 4.90 Å². The number of hydrogen-bond donors (Lipinski definition) is 1. The number of methoxy groups -OCH3 is 1. The summed E-state index contributed by atoms with van der Waals surface area (Å²) in [6.07, 6.45) is -0.455. The fourth-order valence-corrected chi connectivity index (χ4v) is 2.23. The van der Waals surface area contributed by atoms with Gasteiger partial charge in [0.25, 0.3) is 0 Å². The van der Waals surface area contributed by atoms with Crippen LogP contribution in [0.4, 0.5) is 4.79 Å². The highest BCUT2D eigenvalue weighted by Gasteiger charge is 2.39. The molecule has 20 heavy (non-hydrogen) atoms. The Hall–Kier alpha value is -1.06. The molecule has 0 aromatic rings. The van der Waals surface area contributed by atoms with E-state index >= 15 is 0 Å². The minimum Gasteiger partial charge on any atom is -0.481 e. The van der Waals surface area contributed by atoms with E-state index in [9.17, 15) is 14.4 Å². The first-order valence-electron chi connectivity index (χ1n) is 6.11. The molecule has 1 saturated heterocycles. The van der Waals surface area contributed by atoms with Crippen LogP contribution in [0.3, 0.4) is 0 Å². The fourth-order valence-electron chi connectivity index (χ4n) is 2.04. The van der Waals surface area contributed by atoms with Crippen molar-refractivity contribution in [2.24, 2.45) is 11.8 Å². The van der Waals surface area contributed by atoms with Crippen molar-refractivity contribution in [2.75, 3.05) is 20.2 Å². The summed E-state index contributed by atoms with van der Waals surface area (Å²) in [6, 6.07) is 0. The lowest BCUT2D eigenvalue weighted by Gasteiger charge is -2.35. The van der Waals surface area contributed by atoms with Gasteiger partial charge in [0.1, 0.15) is 0 Å². The highest BCUT2D eigenvalue weighted by molar-refractivity contribution is 14.1. The molecule has 0 unspecified atom stereocenters. The Morgan fingerprint density at radius 2 is 1.80 bits per heavy atom. The van der Waals surface area contributed by atoms with Crippen molar-refractivity contribution < 1.29 is 29.0 Å². The number of carbonyl (C=O) groups excluding carboxylic acids is 2. The number of alkyl halides is 1. The van der Waals surface area contributed by atoms with E-state index in [1.165, 1.54) is 12.0 Å². The summed E-state index contributed by atoms with van der Waals surface area (Å²) >= 11 is 1.95. The van der Waals surface area contributed by atoms with Crippen molar-refractivity contribution in [2.45, 2.75) is 23.9 Å². The number of esters is 1. The summed E-state index contributed by atoms with van der Waals surface area (Å²) in [5.41, 5.74) is 0. The van der Waals surface area contributed by atoms with E-state index in [2.05, 4.69) is 4.74 Å². The molecule has 0 aliphatic carbocycles. The van der Waals surface area contributed by atoms with Crippen LogP contribution < -0.4 is 0 Å². The molecule has 1 rings (SSSR count). The molecule has 0 aromatic heterocycles. The molecule has 1 aliphatic heterocycles.